The second kappa shape index (κ2) is 3.95. The minimum Gasteiger partial charge on any atom is -0.346 e. The van der Waals surface area contributed by atoms with Crippen LogP contribution in [0.15, 0.2) is 30.5 Å². The maximum absolute atomic E-state index is 3.55. The van der Waals surface area contributed by atoms with Crippen LogP contribution in [0.25, 0.3) is 10.9 Å². The Labute approximate surface area is 96.3 Å². The van der Waals surface area contributed by atoms with Gasteiger partial charge in [-0.05, 0) is 43.4 Å². The third-order valence-electron chi connectivity index (χ3n) is 3.29. The van der Waals surface area contributed by atoms with E-state index in [1.165, 1.54) is 29.3 Å². The molecule has 1 saturated carbocycles. The van der Waals surface area contributed by atoms with E-state index in [0.717, 1.165) is 19.1 Å². The van der Waals surface area contributed by atoms with Crippen LogP contribution >= 0.6 is 0 Å². The SMILES string of the molecule is Cc1ccc2c(ccn2CCNC2CC2)c1. The highest BCUT2D eigenvalue weighted by molar-refractivity contribution is 5.80. The molecule has 1 N–H and O–H groups in total. The summed E-state index contributed by atoms with van der Waals surface area (Å²) in [7, 11) is 0. The summed E-state index contributed by atoms with van der Waals surface area (Å²) in [5.41, 5.74) is 2.68. The molecule has 3 rings (SSSR count). The lowest BCUT2D eigenvalue weighted by Crippen LogP contribution is -2.21. The summed E-state index contributed by atoms with van der Waals surface area (Å²) in [6.07, 6.45) is 4.93. The molecular weight excluding hydrogens is 196 g/mol. The number of hydrogen-bond acceptors (Lipinski definition) is 1. The summed E-state index contributed by atoms with van der Waals surface area (Å²) in [4.78, 5) is 0. The van der Waals surface area contributed by atoms with Crippen LogP contribution in [0.4, 0.5) is 0 Å². The van der Waals surface area contributed by atoms with E-state index < -0.39 is 0 Å². The second-order valence-electron chi connectivity index (χ2n) is 4.80. The van der Waals surface area contributed by atoms with Crippen LogP contribution in [0.2, 0.25) is 0 Å². The fraction of sp³-hybridized carbons (Fsp3) is 0.429. The Hall–Kier alpha value is -1.28. The topological polar surface area (TPSA) is 17.0 Å². The first-order chi connectivity index (χ1) is 7.83. The Morgan fingerprint density at radius 3 is 3.00 bits per heavy atom. The molecule has 0 unspecified atom stereocenters. The standard InChI is InChI=1S/C14H18N2/c1-11-2-5-14-12(10-11)6-8-16(14)9-7-15-13-3-4-13/h2,5-6,8,10,13,15H,3-4,7,9H2,1H3. The summed E-state index contributed by atoms with van der Waals surface area (Å²) in [5.74, 6) is 0. The van der Waals surface area contributed by atoms with Crippen molar-refractivity contribution in [2.45, 2.75) is 32.4 Å². The summed E-state index contributed by atoms with van der Waals surface area (Å²) in [5, 5.41) is 4.90. The van der Waals surface area contributed by atoms with Gasteiger partial charge in [0.25, 0.3) is 0 Å². The number of nitrogens with one attached hydrogen (secondary N) is 1. The maximum atomic E-state index is 3.55. The van der Waals surface area contributed by atoms with E-state index in [1.807, 2.05) is 0 Å². The molecule has 0 aliphatic heterocycles. The molecule has 2 nitrogen and oxygen atoms in total. The number of nitrogens with zero attached hydrogens (tertiary/aromatic N) is 1. The van der Waals surface area contributed by atoms with E-state index in [9.17, 15) is 0 Å². The van der Waals surface area contributed by atoms with Gasteiger partial charge in [-0.3, -0.25) is 0 Å². The lowest BCUT2D eigenvalue weighted by atomic mass is 10.2. The highest BCUT2D eigenvalue weighted by Gasteiger charge is 2.19. The third kappa shape index (κ3) is 1.98. The molecule has 0 bridgehead atoms. The summed E-state index contributed by atoms with van der Waals surface area (Å²) in [6.45, 7) is 4.30. The predicted octanol–water partition coefficient (Wildman–Crippen LogP) is 2.70. The smallest absolute Gasteiger partial charge is 0.0480 e. The molecule has 1 aliphatic rings. The van der Waals surface area contributed by atoms with Crippen molar-refractivity contribution < 1.29 is 0 Å². The fourth-order valence-corrected chi connectivity index (χ4v) is 2.19. The van der Waals surface area contributed by atoms with Crippen LogP contribution in [0.3, 0.4) is 0 Å². The summed E-state index contributed by atoms with van der Waals surface area (Å²) >= 11 is 0. The molecule has 0 atom stereocenters. The lowest BCUT2D eigenvalue weighted by Gasteiger charge is -2.06. The van der Waals surface area contributed by atoms with E-state index in [0.29, 0.717) is 0 Å². The Kier molecular flexibility index (Phi) is 2.44. The van der Waals surface area contributed by atoms with Crippen LogP contribution in [-0.2, 0) is 6.54 Å². The Bertz CT molecular complexity index is 494. The van der Waals surface area contributed by atoms with E-state index in [2.05, 4.69) is 47.3 Å². The Balaban J connectivity index is 1.75. The largest absolute Gasteiger partial charge is 0.346 e. The quantitative estimate of drug-likeness (QED) is 0.828. The summed E-state index contributed by atoms with van der Waals surface area (Å²) in [6, 6.07) is 9.68. The normalized spacial score (nSPS) is 15.8. The van der Waals surface area contributed by atoms with Gasteiger partial charge in [-0.2, -0.15) is 0 Å². The van der Waals surface area contributed by atoms with Crippen LogP contribution in [0.5, 0.6) is 0 Å². The van der Waals surface area contributed by atoms with Gasteiger partial charge < -0.3 is 9.88 Å². The predicted molar refractivity (Wildman–Crippen MR) is 67.7 cm³/mol. The molecule has 2 aromatic rings. The third-order valence-corrected chi connectivity index (χ3v) is 3.29. The van der Waals surface area contributed by atoms with Crippen LogP contribution < -0.4 is 5.32 Å². The molecule has 84 valence electrons. The molecule has 1 aromatic carbocycles. The highest BCUT2D eigenvalue weighted by atomic mass is 15.0. The van der Waals surface area contributed by atoms with Gasteiger partial charge in [-0.15, -0.1) is 0 Å². The number of benzene rings is 1. The van der Waals surface area contributed by atoms with Crippen molar-refractivity contribution >= 4 is 10.9 Å². The first kappa shape index (κ1) is 9.91. The molecule has 0 radical (unpaired) electrons. The van der Waals surface area contributed by atoms with Crippen molar-refractivity contribution in [2.75, 3.05) is 6.54 Å². The van der Waals surface area contributed by atoms with Gasteiger partial charge in [0, 0.05) is 30.8 Å². The van der Waals surface area contributed by atoms with E-state index in [-0.39, 0.29) is 0 Å². The molecule has 1 aromatic heterocycles. The van der Waals surface area contributed by atoms with Gasteiger partial charge in [0.15, 0.2) is 0 Å². The molecule has 0 saturated heterocycles. The number of hydrogen-bond donors (Lipinski definition) is 1. The number of aromatic nitrogens is 1. The van der Waals surface area contributed by atoms with Gasteiger partial charge in [0.05, 0.1) is 0 Å². The monoisotopic (exact) mass is 214 g/mol. The van der Waals surface area contributed by atoms with Crippen LogP contribution in [0.1, 0.15) is 18.4 Å². The van der Waals surface area contributed by atoms with Gasteiger partial charge in [-0.1, -0.05) is 11.6 Å². The minimum absolute atomic E-state index is 0.809. The molecule has 0 amide bonds. The van der Waals surface area contributed by atoms with Gasteiger partial charge >= 0.3 is 0 Å². The van der Waals surface area contributed by atoms with Crippen molar-refractivity contribution in [2.24, 2.45) is 0 Å². The maximum Gasteiger partial charge on any atom is 0.0480 e. The van der Waals surface area contributed by atoms with Crippen molar-refractivity contribution in [1.82, 2.24) is 9.88 Å². The van der Waals surface area contributed by atoms with Gasteiger partial charge in [-0.25, -0.2) is 0 Å². The van der Waals surface area contributed by atoms with Crippen LogP contribution in [-0.4, -0.2) is 17.2 Å². The first-order valence-electron chi connectivity index (χ1n) is 6.12. The number of aryl methyl sites for hydroxylation is 1. The molecule has 1 aliphatic carbocycles. The molecule has 1 fully saturated rings. The first-order valence-corrected chi connectivity index (χ1v) is 6.12. The number of fused-ring (bicyclic) bond motifs is 1. The van der Waals surface area contributed by atoms with Crippen LogP contribution in [0, 0.1) is 6.92 Å². The van der Waals surface area contributed by atoms with E-state index in [4.69, 9.17) is 0 Å². The van der Waals surface area contributed by atoms with Crippen molar-refractivity contribution in [3.8, 4) is 0 Å². The van der Waals surface area contributed by atoms with Crippen molar-refractivity contribution in [3.63, 3.8) is 0 Å². The fourth-order valence-electron chi connectivity index (χ4n) is 2.19. The zero-order valence-electron chi connectivity index (χ0n) is 9.74. The highest BCUT2D eigenvalue weighted by Crippen LogP contribution is 2.19. The Morgan fingerprint density at radius 2 is 2.19 bits per heavy atom. The van der Waals surface area contributed by atoms with Gasteiger partial charge in [0.1, 0.15) is 0 Å². The molecule has 16 heavy (non-hydrogen) atoms. The number of rotatable bonds is 4. The average molecular weight is 214 g/mol. The Morgan fingerprint density at radius 1 is 1.31 bits per heavy atom. The molecule has 0 spiro atoms. The average Bonchev–Trinajstić information content (AvgIpc) is 3.00. The minimum atomic E-state index is 0.809. The van der Waals surface area contributed by atoms with Crippen molar-refractivity contribution in [1.29, 1.82) is 0 Å². The molecular formula is C14H18N2. The second-order valence-corrected chi connectivity index (χ2v) is 4.80. The summed E-state index contributed by atoms with van der Waals surface area (Å²) < 4.78 is 2.34. The van der Waals surface area contributed by atoms with Crippen molar-refractivity contribution in [3.05, 3.63) is 36.0 Å². The zero-order valence-corrected chi connectivity index (χ0v) is 9.74. The van der Waals surface area contributed by atoms with Gasteiger partial charge in [0.2, 0.25) is 0 Å². The van der Waals surface area contributed by atoms with E-state index in [1.54, 1.807) is 0 Å². The zero-order chi connectivity index (χ0) is 11.0. The van der Waals surface area contributed by atoms with E-state index >= 15 is 0 Å². The molecule has 1 heterocycles. The molecule has 2 heteroatoms. The lowest BCUT2D eigenvalue weighted by molar-refractivity contribution is 0.606.